The van der Waals surface area contributed by atoms with E-state index in [0.29, 0.717) is 6.42 Å². The zero-order valence-corrected chi connectivity index (χ0v) is 19.8. The van der Waals surface area contributed by atoms with Gasteiger partial charge in [0.15, 0.2) is 0 Å². The largest absolute Gasteiger partial charge is 1.00 e. The van der Waals surface area contributed by atoms with Gasteiger partial charge in [-0.25, -0.2) is 0 Å². The van der Waals surface area contributed by atoms with E-state index < -0.39 is 10.1 Å². The molecule has 0 spiro atoms. The molecule has 0 aromatic rings. The van der Waals surface area contributed by atoms with Crippen LogP contribution in [0.25, 0.3) is 0 Å². The van der Waals surface area contributed by atoms with Crippen molar-refractivity contribution >= 4 is 10.1 Å². The normalized spacial score (nSPS) is 12.8. The second-order valence-electron chi connectivity index (χ2n) is 6.96. The summed E-state index contributed by atoms with van der Waals surface area (Å²) in [4.78, 5) is 0. The summed E-state index contributed by atoms with van der Waals surface area (Å²) in [7, 11) is -2.26. The van der Waals surface area contributed by atoms with Gasteiger partial charge in [-0.1, -0.05) is 90.4 Å². The number of unbranched alkanes of at least 4 members (excludes halogenated alkanes) is 12. The fraction of sp³-hybridized carbons (Fsp3) is 1.00. The molecule has 0 saturated heterocycles. The fourth-order valence-electron chi connectivity index (χ4n) is 3.05. The average molecular weight is 389 g/mol. The van der Waals surface area contributed by atoms with Gasteiger partial charge in [0.2, 0.25) is 0 Å². The van der Waals surface area contributed by atoms with E-state index in [-0.39, 0.29) is 42.8 Å². The summed E-state index contributed by atoms with van der Waals surface area (Å²) < 4.78 is 35.5. The van der Waals surface area contributed by atoms with Crippen LogP contribution in [0.4, 0.5) is 0 Å². The molecule has 1 N–H and O–H groups in total. The van der Waals surface area contributed by atoms with Crippen molar-refractivity contribution in [2.75, 3.05) is 12.9 Å². The van der Waals surface area contributed by atoms with Crippen molar-refractivity contribution in [2.45, 2.75) is 109 Å². The van der Waals surface area contributed by atoms with Crippen molar-refractivity contribution < 1.29 is 48.7 Å². The van der Waals surface area contributed by atoms with Gasteiger partial charge in [-0.15, -0.1) is 0 Å². The van der Waals surface area contributed by atoms with Crippen LogP contribution in [0.2, 0.25) is 0 Å². The maximum Gasteiger partial charge on any atom is 1.00 e. The van der Waals surface area contributed by atoms with Gasteiger partial charge in [0.1, 0.15) is 0 Å². The van der Waals surface area contributed by atoms with Crippen LogP contribution in [-0.4, -0.2) is 31.9 Å². The maximum absolute atomic E-state index is 10.7. The fourth-order valence-corrected chi connectivity index (χ4v) is 3.61. The summed E-state index contributed by atoms with van der Waals surface area (Å²) in [5.74, 6) is -0.204. The molecule has 0 aliphatic rings. The smallest absolute Gasteiger partial charge is 1.00 e. The van der Waals surface area contributed by atoms with E-state index >= 15 is 0 Å². The molecule has 0 saturated carbocycles. The molecule has 1 atom stereocenters. The van der Waals surface area contributed by atoms with Crippen LogP contribution in [0, 0.1) is 0 Å². The molecule has 0 aromatic heterocycles. The number of hydrogen-bond acceptors (Lipinski definition) is 3. The van der Waals surface area contributed by atoms with Crippen molar-refractivity contribution in [1.29, 1.82) is 0 Å². The van der Waals surface area contributed by atoms with Gasteiger partial charge < -0.3 is 6.16 Å². The van der Waals surface area contributed by atoms with Crippen molar-refractivity contribution in [1.82, 2.24) is 0 Å². The Kier molecular flexibility index (Phi) is 22.0. The molecule has 6 heteroatoms. The zero-order valence-electron chi connectivity index (χ0n) is 18.0. The van der Waals surface area contributed by atoms with E-state index in [1.54, 1.807) is 7.11 Å². The van der Waals surface area contributed by atoms with Crippen LogP contribution in [0.5, 0.6) is 0 Å². The third kappa shape index (κ3) is 22.8. The van der Waals surface area contributed by atoms with Gasteiger partial charge in [-0.2, -0.15) is 8.42 Å². The van der Waals surface area contributed by atoms with Gasteiger partial charge in [-0.05, 0) is 12.8 Å². The first-order chi connectivity index (χ1) is 11.5. The van der Waals surface area contributed by atoms with Gasteiger partial charge in [0.05, 0.1) is 11.9 Å². The van der Waals surface area contributed by atoms with Gasteiger partial charge in [-0.3, -0.25) is 4.55 Å². The topological polar surface area (TPSA) is 63.6 Å². The Balaban J connectivity index is -0.00000264. The van der Waals surface area contributed by atoms with Crippen LogP contribution in [0.1, 0.15) is 105 Å². The predicted octanol–water partition coefficient (Wildman–Crippen LogP) is 2.88. The Hall–Kier alpha value is 0.870. The zero-order chi connectivity index (χ0) is 18.1. The predicted molar refractivity (Wildman–Crippen MR) is 103 cm³/mol. The van der Waals surface area contributed by atoms with E-state index in [1.165, 1.54) is 77.0 Å². The molecule has 0 heterocycles. The quantitative estimate of drug-likeness (QED) is 0.223. The van der Waals surface area contributed by atoms with Gasteiger partial charge in [0.25, 0.3) is 10.1 Å². The van der Waals surface area contributed by atoms with Crippen LogP contribution in [0.3, 0.4) is 0 Å². The third-order valence-electron chi connectivity index (χ3n) is 4.66. The maximum atomic E-state index is 10.7. The standard InChI is InChI=1S/C19H40O4S.Na.H/c1-3-4-5-6-7-8-9-10-11-12-13-14-15-16-19(23-2)17-18-24(20,21)22;;/h19H,3-18H2,1-2H3,(H,20,21,22);;/q;+1;-1. The molecule has 0 aliphatic carbocycles. The summed E-state index contributed by atoms with van der Waals surface area (Å²) in [6, 6.07) is 0. The van der Waals surface area contributed by atoms with Crippen molar-refractivity contribution in [3.8, 4) is 0 Å². The number of rotatable bonds is 18. The minimum atomic E-state index is -3.87. The van der Waals surface area contributed by atoms with E-state index in [1.807, 2.05) is 0 Å². The molecular formula is C19H41NaO4S. The molecule has 1 unspecified atom stereocenters. The molecule has 0 amide bonds. The summed E-state index contributed by atoms with van der Waals surface area (Å²) in [6.07, 6.45) is 18.4. The van der Waals surface area contributed by atoms with Crippen LogP contribution >= 0.6 is 0 Å². The van der Waals surface area contributed by atoms with Gasteiger partial charge in [0, 0.05) is 7.11 Å². The number of ether oxygens (including phenoxy) is 1. The average Bonchev–Trinajstić information content (AvgIpc) is 2.53. The van der Waals surface area contributed by atoms with Crippen molar-refractivity contribution in [2.24, 2.45) is 0 Å². The molecule has 4 nitrogen and oxygen atoms in total. The Labute approximate surface area is 180 Å². The van der Waals surface area contributed by atoms with Crippen LogP contribution in [0.15, 0.2) is 0 Å². The molecule has 0 rings (SSSR count). The SMILES string of the molecule is CCCCCCCCCCCCCCCC(CCS(=O)(=O)O)OC.[H-].[Na+]. The molecule has 0 bridgehead atoms. The van der Waals surface area contributed by atoms with Gasteiger partial charge >= 0.3 is 29.6 Å². The molecule has 0 aromatic carbocycles. The van der Waals surface area contributed by atoms with Crippen LogP contribution < -0.4 is 29.6 Å². The molecule has 148 valence electrons. The number of hydrogen-bond donors (Lipinski definition) is 1. The summed E-state index contributed by atoms with van der Waals surface area (Å²) >= 11 is 0. The number of methoxy groups -OCH3 is 1. The summed E-state index contributed by atoms with van der Waals surface area (Å²) in [5.41, 5.74) is 0. The van der Waals surface area contributed by atoms with E-state index in [0.717, 1.165) is 12.8 Å². The first kappa shape index (κ1) is 28.1. The second kappa shape index (κ2) is 19.6. The Morgan fingerprint density at radius 3 is 1.56 bits per heavy atom. The summed E-state index contributed by atoms with van der Waals surface area (Å²) in [5, 5.41) is 0. The van der Waals surface area contributed by atoms with E-state index in [4.69, 9.17) is 9.29 Å². The Morgan fingerprint density at radius 1 is 0.800 bits per heavy atom. The van der Waals surface area contributed by atoms with Crippen LogP contribution in [-0.2, 0) is 14.9 Å². The van der Waals surface area contributed by atoms with E-state index in [9.17, 15) is 8.42 Å². The minimum absolute atomic E-state index is 0. The van der Waals surface area contributed by atoms with Crippen molar-refractivity contribution in [3.63, 3.8) is 0 Å². The molecule has 0 radical (unpaired) electrons. The third-order valence-corrected chi connectivity index (χ3v) is 5.41. The molecule has 25 heavy (non-hydrogen) atoms. The van der Waals surface area contributed by atoms with Crippen molar-refractivity contribution in [3.05, 3.63) is 0 Å². The molecule has 0 fully saturated rings. The first-order valence-electron chi connectivity index (χ1n) is 9.97. The molecular weight excluding hydrogens is 347 g/mol. The van der Waals surface area contributed by atoms with E-state index in [2.05, 4.69) is 6.92 Å². The molecule has 0 aliphatic heterocycles. The first-order valence-corrected chi connectivity index (χ1v) is 11.6. The minimum Gasteiger partial charge on any atom is -1.00 e. The second-order valence-corrected chi connectivity index (χ2v) is 8.54. The Morgan fingerprint density at radius 2 is 1.20 bits per heavy atom. The summed E-state index contributed by atoms with van der Waals surface area (Å²) in [6.45, 7) is 2.26. The monoisotopic (exact) mass is 388 g/mol. The Bertz CT molecular complexity index is 367.